The van der Waals surface area contributed by atoms with Gasteiger partial charge in [-0.3, -0.25) is 4.79 Å². The first-order valence-corrected chi connectivity index (χ1v) is 7.37. The van der Waals surface area contributed by atoms with Gasteiger partial charge >= 0.3 is 0 Å². The van der Waals surface area contributed by atoms with Crippen LogP contribution in [0.1, 0.15) is 41.6 Å². The van der Waals surface area contributed by atoms with E-state index in [1.54, 1.807) is 24.1 Å². The summed E-state index contributed by atoms with van der Waals surface area (Å²) in [7, 11) is 1.77. The van der Waals surface area contributed by atoms with Gasteiger partial charge in [-0.05, 0) is 31.4 Å². The molecule has 0 radical (unpaired) electrons. The van der Waals surface area contributed by atoms with Crippen LogP contribution in [0, 0.1) is 12.7 Å². The lowest BCUT2D eigenvalue weighted by Gasteiger charge is -2.26. The van der Waals surface area contributed by atoms with Gasteiger partial charge in [-0.25, -0.2) is 4.39 Å². The van der Waals surface area contributed by atoms with Crippen LogP contribution in [0.2, 0.25) is 0 Å². The Morgan fingerprint density at radius 2 is 2.27 bits per heavy atom. The topological polar surface area (TPSA) is 59.2 Å². The third-order valence-corrected chi connectivity index (χ3v) is 3.99. The fourth-order valence-corrected chi connectivity index (χ4v) is 2.75. The second-order valence-electron chi connectivity index (χ2n) is 5.78. The van der Waals surface area contributed by atoms with E-state index in [0.29, 0.717) is 23.7 Å². The second kappa shape index (κ2) is 5.87. The number of aromatic nitrogens is 2. The summed E-state index contributed by atoms with van der Waals surface area (Å²) in [6.07, 6.45) is 1.88. The summed E-state index contributed by atoms with van der Waals surface area (Å²) in [6.45, 7) is 2.66. The SMILES string of the molecule is Cc1ccc(F)c(Cc2noc([C@@H]3CCCN(C)C3=O)n2)c1. The van der Waals surface area contributed by atoms with E-state index in [0.717, 1.165) is 18.5 Å². The number of amides is 1. The lowest BCUT2D eigenvalue weighted by Crippen LogP contribution is -2.37. The highest BCUT2D eigenvalue weighted by atomic mass is 19.1. The van der Waals surface area contributed by atoms with E-state index in [4.69, 9.17) is 4.52 Å². The lowest BCUT2D eigenvalue weighted by molar-refractivity contribution is -0.134. The third kappa shape index (κ3) is 2.86. The Morgan fingerprint density at radius 3 is 3.09 bits per heavy atom. The minimum atomic E-state index is -0.373. The molecule has 1 amide bonds. The normalized spacial score (nSPS) is 18.8. The van der Waals surface area contributed by atoms with E-state index in [1.165, 1.54) is 6.07 Å². The van der Waals surface area contributed by atoms with Gasteiger partial charge in [0.2, 0.25) is 11.8 Å². The molecule has 1 atom stereocenters. The Balaban J connectivity index is 1.79. The fraction of sp³-hybridized carbons (Fsp3) is 0.438. The predicted octanol–water partition coefficient (Wildman–Crippen LogP) is 2.44. The number of rotatable bonds is 3. The number of carbonyl (C=O) groups excluding carboxylic acids is 1. The number of hydrogen-bond acceptors (Lipinski definition) is 4. The molecule has 3 rings (SSSR count). The Kier molecular flexibility index (Phi) is 3.92. The minimum absolute atomic E-state index is 0.00295. The minimum Gasteiger partial charge on any atom is -0.345 e. The van der Waals surface area contributed by atoms with Gasteiger partial charge in [0, 0.05) is 20.0 Å². The molecule has 1 aliphatic heterocycles. The summed E-state index contributed by atoms with van der Waals surface area (Å²) in [5.74, 6) is 0.0797. The quantitative estimate of drug-likeness (QED) is 0.874. The Morgan fingerprint density at radius 1 is 1.45 bits per heavy atom. The van der Waals surface area contributed by atoms with Crippen LogP contribution in [0.4, 0.5) is 4.39 Å². The maximum atomic E-state index is 13.8. The summed E-state index contributed by atoms with van der Waals surface area (Å²) >= 11 is 0. The molecule has 2 heterocycles. The largest absolute Gasteiger partial charge is 0.345 e. The number of piperidine rings is 1. The highest BCUT2D eigenvalue weighted by molar-refractivity contribution is 5.83. The van der Waals surface area contributed by atoms with Crippen LogP contribution in [-0.2, 0) is 11.2 Å². The van der Waals surface area contributed by atoms with Crippen molar-refractivity contribution in [2.24, 2.45) is 0 Å². The average Bonchev–Trinajstić information content (AvgIpc) is 2.94. The van der Waals surface area contributed by atoms with Crippen molar-refractivity contribution in [2.75, 3.05) is 13.6 Å². The van der Waals surface area contributed by atoms with Gasteiger partial charge in [0.25, 0.3) is 0 Å². The number of halogens is 1. The lowest BCUT2D eigenvalue weighted by atomic mass is 9.97. The van der Waals surface area contributed by atoms with Crippen molar-refractivity contribution in [1.82, 2.24) is 15.0 Å². The average molecular weight is 303 g/mol. The summed E-state index contributed by atoms with van der Waals surface area (Å²) in [5.41, 5.74) is 1.50. The predicted molar refractivity (Wildman–Crippen MR) is 77.9 cm³/mol. The van der Waals surface area contributed by atoms with Crippen LogP contribution in [-0.4, -0.2) is 34.5 Å². The van der Waals surface area contributed by atoms with Crippen molar-refractivity contribution in [3.8, 4) is 0 Å². The van der Waals surface area contributed by atoms with Gasteiger partial charge in [0.1, 0.15) is 11.7 Å². The maximum absolute atomic E-state index is 13.8. The number of likely N-dealkylation sites (N-methyl/N-ethyl adjacent to an activating group) is 1. The molecule has 22 heavy (non-hydrogen) atoms. The Bertz CT molecular complexity index is 698. The first-order chi connectivity index (χ1) is 10.5. The molecule has 0 unspecified atom stereocenters. The zero-order valence-electron chi connectivity index (χ0n) is 12.7. The Hall–Kier alpha value is -2.24. The molecule has 5 nitrogen and oxygen atoms in total. The molecule has 0 bridgehead atoms. The van der Waals surface area contributed by atoms with E-state index in [-0.39, 0.29) is 24.1 Å². The number of aryl methyl sites for hydroxylation is 1. The summed E-state index contributed by atoms with van der Waals surface area (Å²) in [4.78, 5) is 18.1. The van der Waals surface area contributed by atoms with E-state index in [1.807, 2.05) is 6.92 Å². The zero-order valence-corrected chi connectivity index (χ0v) is 12.7. The fourth-order valence-electron chi connectivity index (χ4n) is 2.75. The van der Waals surface area contributed by atoms with Gasteiger partial charge in [-0.1, -0.05) is 22.9 Å². The first-order valence-electron chi connectivity index (χ1n) is 7.37. The smallest absolute Gasteiger partial charge is 0.239 e. The van der Waals surface area contributed by atoms with E-state index in [2.05, 4.69) is 10.1 Å². The Labute approximate surface area is 128 Å². The van der Waals surface area contributed by atoms with Crippen LogP contribution in [0.25, 0.3) is 0 Å². The summed E-state index contributed by atoms with van der Waals surface area (Å²) in [5, 5.41) is 3.89. The number of nitrogens with zero attached hydrogens (tertiary/aromatic N) is 3. The van der Waals surface area contributed by atoms with Gasteiger partial charge < -0.3 is 9.42 Å². The van der Waals surface area contributed by atoms with Crippen LogP contribution < -0.4 is 0 Å². The van der Waals surface area contributed by atoms with Gasteiger partial charge in [0.05, 0.1) is 0 Å². The van der Waals surface area contributed by atoms with Gasteiger partial charge in [-0.2, -0.15) is 4.98 Å². The van der Waals surface area contributed by atoms with Crippen LogP contribution in [0.15, 0.2) is 22.7 Å². The molecule has 0 saturated carbocycles. The second-order valence-corrected chi connectivity index (χ2v) is 5.78. The van der Waals surface area contributed by atoms with Gasteiger partial charge in [0.15, 0.2) is 5.82 Å². The van der Waals surface area contributed by atoms with E-state index >= 15 is 0 Å². The van der Waals surface area contributed by atoms with Crippen molar-refractivity contribution in [3.05, 3.63) is 46.9 Å². The molecule has 1 aromatic heterocycles. The van der Waals surface area contributed by atoms with E-state index in [9.17, 15) is 9.18 Å². The molecule has 116 valence electrons. The van der Waals surface area contributed by atoms with Crippen molar-refractivity contribution < 1.29 is 13.7 Å². The number of hydrogen-bond donors (Lipinski definition) is 0. The highest BCUT2D eigenvalue weighted by Crippen LogP contribution is 2.26. The van der Waals surface area contributed by atoms with Crippen molar-refractivity contribution in [2.45, 2.75) is 32.1 Å². The molecule has 1 fully saturated rings. The van der Waals surface area contributed by atoms with Crippen LogP contribution in [0.5, 0.6) is 0 Å². The van der Waals surface area contributed by atoms with Crippen molar-refractivity contribution in [3.63, 3.8) is 0 Å². The zero-order chi connectivity index (χ0) is 15.7. The number of benzene rings is 1. The standard InChI is InChI=1S/C16H18FN3O2/c1-10-5-6-13(17)11(8-10)9-14-18-15(22-19-14)12-4-3-7-20(2)16(12)21/h5-6,8,12H,3-4,7,9H2,1-2H3/t12-/m0/s1. The first kappa shape index (κ1) is 14.7. The summed E-state index contributed by atoms with van der Waals surface area (Å²) < 4.78 is 19.0. The van der Waals surface area contributed by atoms with E-state index < -0.39 is 0 Å². The number of carbonyl (C=O) groups is 1. The molecule has 1 aliphatic rings. The molecule has 2 aromatic rings. The molecule has 0 aliphatic carbocycles. The maximum Gasteiger partial charge on any atom is 0.239 e. The van der Waals surface area contributed by atoms with Crippen molar-refractivity contribution in [1.29, 1.82) is 0 Å². The summed E-state index contributed by atoms with van der Waals surface area (Å²) in [6, 6.07) is 4.92. The third-order valence-electron chi connectivity index (χ3n) is 3.99. The monoisotopic (exact) mass is 303 g/mol. The van der Waals surface area contributed by atoms with Crippen LogP contribution >= 0.6 is 0 Å². The van der Waals surface area contributed by atoms with Gasteiger partial charge in [-0.15, -0.1) is 0 Å². The molecule has 1 aromatic carbocycles. The molecule has 6 heteroatoms. The molecular formula is C16H18FN3O2. The van der Waals surface area contributed by atoms with Crippen LogP contribution in [0.3, 0.4) is 0 Å². The number of likely N-dealkylation sites (tertiary alicyclic amines) is 1. The highest BCUT2D eigenvalue weighted by Gasteiger charge is 2.32. The van der Waals surface area contributed by atoms with Crippen molar-refractivity contribution >= 4 is 5.91 Å². The molecule has 0 N–H and O–H groups in total. The molecular weight excluding hydrogens is 285 g/mol. The molecule has 0 spiro atoms. The molecule has 1 saturated heterocycles.